The number of allylic oxidation sites excluding steroid dienone is 1. The highest BCUT2D eigenvalue weighted by atomic mass is 35.5. The minimum atomic E-state index is -1.10. The summed E-state index contributed by atoms with van der Waals surface area (Å²) in [6.07, 6.45) is 11.1. The molecule has 1 saturated carbocycles. The molecule has 10 nitrogen and oxygen atoms in total. The Morgan fingerprint density at radius 2 is 1.95 bits per heavy atom. The normalized spacial score (nSPS) is 24.9. The third-order valence-electron chi connectivity index (χ3n) is 12.4. The second kappa shape index (κ2) is 20.7. The average molecular weight is 800 g/mol. The highest BCUT2D eigenvalue weighted by Gasteiger charge is 2.49. The van der Waals surface area contributed by atoms with Crippen LogP contribution in [0.5, 0.6) is 5.75 Å². The van der Waals surface area contributed by atoms with Crippen molar-refractivity contribution in [1.82, 2.24) is 14.5 Å². The fourth-order valence-electron chi connectivity index (χ4n) is 8.70. The van der Waals surface area contributed by atoms with Crippen LogP contribution in [0.25, 0.3) is 0 Å². The number of piperazine rings is 1. The zero-order chi connectivity index (χ0) is 39.5. The van der Waals surface area contributed by atoms with Crippen LogP contribution in [-0.4, -0.2) is 124 Å². The van der Waals surface area contributed by atoms with E-state index < -0.39 is 16.6 Å². The van der Waals surface area contributed by atoms with E-state index in [1.54, 1.807) is 7.05 Å². The van der Waals surface area contributed by atoms with Gasteiger partial charge in [-0.05, 0) is 106 Å². The van der Waals surface area contributed by atoms with Crippen molar-refractivity contribution in [2.75, 3.05) is 85.2 Å². The molecule has 0 bridgehead atoms. The number of hydrogen-bond acceptors (Lipinski definition) is 9. The van der Waals surface area contributed by atoms with Crippen LogP contribution < -0.4 is 14.4 Å². The lowest BCUT2D eigenvalue weighted by Crippen LogP contribution is -2.60. The molecular formula is C43H63ClN4O6S. The maximum atomic E-state index is 12.6. The summed E-state index contributed by atoms with van der Waals surface area (Å²) >= 11 is 6.50. The number of benzene rings is 2. The van der Waals surface area contributed by atoms with E-state index in [0.29, 0.717) is 24.7 Å². The van der Waals surface area contributed by atoms with E-state index in [-0.39, 0.29) is 35.7 Å². The lowest BCUT2D eigenvalue weighted by Gasteiger charge is -2.52. The van der Waals surface area contributed by atoms with Gasteiger partial charge < -0.3 is 23.9 Å². The Hall–Kier alpha value is -2.64. The Kier molecular flexibility index (Phi) is 16.4. The maximum Gasteiger partial charge on any atom is 0.150 e. The fraction of sp³-hybridized carbons (Fsp3) is 0.628. The van der Waals surface area contributed by atoms with Gasteiger partial charge in [-0.1, -0.05) is 50.1 Å². The number of anilines is 1. The van der Waals surface area contributed by atoms with E-state index in [2.05, 4.69) is 64.6 Å². The predicted molar refractivity (Wildman–Crippen MR) is 223 cm³/mol. The summed E-state index contributed by atoms with van der Waals surface area (Å²) in [5, 5.41) is 0.749. The van der Waals surface area contributed by atoms with Crippen LogP contribution in [0.4, 0.5) is 5.69 Å². The number of carbonyl (C=O) groups excluding carboxylic acids is 2. The number of rotatable bonds is 20. The molecule has 2 heterocycles. The number of halogens is 1. The average Bonchev–Trinajstić information content (AvgIpc) is 3.36. The molecule has 1 N–H and O–H groups in total. The van der Waals surface area contributed by atoms with Crippen molar-refractivity contribution < 1.29 is 28.0 Å². The first-order valence-electron chi connectivity index (χ1n) is 20.1. The van der Waals surface area contributed by atoms with Crippen molar-refractivity contribution in [3.05, 3.63) is 70.3 Å². The largest absolute Gasteiger partial charge is 0.491 e. The number of nitrogens with one attached hydrogen (secondary N) is 1. The molecule has 7 unspecified atom stereocenters. The molecule has 304 valence electrons. The second-order valence-electron chi connectivity index (χ2n) is 15.8. The van der Waals surface area contributed by atoms with Crippen molar-refractivity contribution in [2.45, 2.75) is 75.7 Å². The monoisotopic (exact) mass is 798 g/mol. The van der Waals surface area contributed by atoms with E-state index in [1.165, 1.54) is 11.1 Å². The van der Waals surface area contributed by atoms with Gasteiger partial charge in [0.2, 0.25) is 0 Å². The number of ether oxygens (including phenoxy) is 3. The first-order chi connectivity index (χ1) is 26.6. The standard InChI is InChI=1S/C43H63ClN4O6S/c1-7-9-34-23-37(44)13-14-39(34)36-25-48(41-22-33(27-50)11-16-42(41)54-28-36)24-35-12-15-40(35)43(52-6,17-8-10-31(2)32(3)55(51)45-4)30-47-19-18-46(5)38(26-47)29-53-21-20-49/h8,11,13-14,16-17,20,22-23,27,31-32,35-36,38,40,45H,7,9-10,12,15,18-19,21,24-26,28-30H2,1-6H3/b17-8+/t31?,32?,35?,36?,38?,40?,43-,55?/m1/s1. The van der Waals surface area contributed by atoms with Crippen molar-refractivity contribution in [1.29, 1.82) is 0 Å². The first kappa shape index (κ1) is 43.5. The van der Waals surface area contributed by atoms with Crippen LogP contribution in [0.2, 0.25) is 5.02 Å². The van der Waals surface area contributed by atoms with Gasteiger partial charge in [-0.3, -0.25) is 14.6 Å². The Labute approximate surface area is 336 Å². The summed E-state index contributed by atoms with van der Waals surface area (Å²) in [4.78, 5) is 30.3. The Balaban J connectivity index is 1.45. The Bertz CT molecular complexity index is 1630. The smallest absolute Gasteiger partial charge is 0.150 e. The van der Waals surface area contributed by atoms with Gasteiger partial charge in [0.15, 0.2) is 0 Å². The Morgan fingerprint density at radius 3 is 2.64 bits per heavy atom. The van der Waals surface area contributed by atoms with Crippen LogP contribution in [0.3, 0.4) is 0 Å². The molecule has 0 radical (unpaired) electrons. The topological polar surface area (TPSA) is 101 Å². The molecule has 0 amide bonds. The van der Waals surface area contributed by atoms with Crippen LogP contribution in [0.15, 0.2) is 48.6 Å². The lowest BCUT2D eigenvalue weighted by molar-refractivity contribution is -0.113. The molecule has 1 aliphatic carbocycles. The molecule has 0 spiro atoms. The van der Waals surface area contributed by atoms with E-state index in [0.717, 1.165) is 100 Å². The van der Waals surface area contributed by atoms with Crippen LogP contribution in [0.1, 0.15) is 73.9 Å². The van der Waals surface area contributed by atoms with Gasteiger partial charge in [-0.2, -0.15) is 0 Å². The van der Waals surface area contributed by atoms with Gasteiger partial charge in [-0.15, -0.1) is 0 Å². The van der Waals surface area contributed by atoms with Crippen LogP contribution in [0, 0.1) is 17.8 Å². The summed E-state index contributed by atoms with van der Waals surface area (Å²) in [5.41, 5.74) is 3.56. The third kappa shape index (κ3) is 10.9. The Morgan fingerprint density at radius 1 is 1.13 bits per heavy atom. The van der Waals surface area contributed by atoms with E-state index in [9.17, 15) is 13.8 Å². The first-order valence-corrected chi connectivity index (χ1v) is 21.6. The second-order valence-corrected chi connectivity index (χ2v) is 18.0. The summed E-state index contributed by atoms with van der Waals surface area (Å²) < 4.78 is 34.4. The van der Waals surface area contributed by atoms with Gasteiger partial charge in [-0.25, -0.2) is 8.93 Å². The van der Waals surface area contributed by atoms with Crippen molar-refractivity contribution in [3.8, 4) is 5.75 Å². The zero-order valence-corrected chi connectivity index (χ0v) is 35.3. The van der Waals surface area contributed by atoms with Crippen molar-refractivity contribution in [3.63, 3.8) is 0 Å². The minimum Gasteiger partial charge on any atom is -0.491 e. The molecule has 2 aromatic carbocycles. The number of likely N-dealkylation sites (N-methyl/N-ethyl adjacent to an activating group) is 1. The number of fused-ring (bicyclic) bond motifs is 1. The van der Waals surface area contributed by atoms with Crippen LogP contribution >= 0.6 is 11.6 Å². The van der Waals surface area contributed by atoms with Crippen molar-refractivity contribution >= 4 is 40.8 Å². The van der Waals surface area contributed by atoms with E-state index in [4.69, 9.17) is 25.8 Å². The summed E-state index contributed by atoms with van der Waals surface area (Å²) in [6, 6.07) is 12.2. The van der Waals surface area contributed by atoms with Gasteiger partial charge in [0.05, 0.1) is 29.9 Å². The number of aldehydes is 2. The number of hydrogen-bond donors (Lipinski definition) is 1. The van der Waals surface area contributed by atoms with Gasteiger partial charge in [0.25, 0.3) is 0 Å². The lowest BCUT2D eigenvalue weighted by atomic mass is 9.63. The third-order valence-corrected chi connectivity index (χ3v) is 14.1. The SMILES string of the molecule is CCCc1cc(Cl)ccc1C1COc2ccc(C=O)cc2N(CC2CCC2[C@@](/C=C/CC(C)C(C)S(=O)NC)(CN2CCN(C)C(COCC=O)C2)OC)C1. The summed E-state index contributed by atoms with van der Waals surface area (Å²) in [5.74, 6) is 1.69. The molecular weight excluding hydrogens is 736 g/mol. The predicted octanol–water partition coefficient (Wildman–Crippen LogP) is 6.18. The maximum absolute atomic E-state index is 12.6. The number of nitrogens with zero attached hydrogens (tertiary/aromatic N) is 3. The highest BCUT2D eigenvalue weighted by Crippen LogP contribution is 2.47. The quantitative estimate of drug-likeness (QED) is 0.0957. The van der Waals surface area contributed by atoms with Gasteiger partial charge >= 0.3 is 0 Å². The molecule has 2 aliphatic heterocycles. The molecule has 2 fully saturated rings. The number of aryl methyl sites for hydroxylation is 1. The molecule has 5 rings (SSSR count). The molecule has 2 aromatic rings. The molecule has 12 heteroatoms. The molecule has 1 saturated heterocycles. The van der Waals surface area contributed by atoms with Gasteiger partial charge in [0.1, 0.15) is 30.5 Å². The molecule has 3 aliphatic rings. The molecule has 55 heavy (non-hydrogen) atoms. The zero-order valence-electron chi connectivity index (χ0n) is 33.7. The number of carbonyl (C=O) groups is 2. The fourth-order valence-corrected chi connectivity index (χ4v) is 9.80. The van der Waals surface area contributed by atoms with Crippen molar-refractivity contribution in [2.24, 2.45) is 17.8 Å². The van der Waals surface area contributed by atoms with E-state index >= 15 is 0 Å². The van der Waals surface area contributed by atoms with E-state index in [1.807, 2.05) is 38.3 Å². The summed E-state index contributed by atoms with van der Waals surface area (Å²) in [6.45, 7) is 12.4. The molecule has 0 aromatic heterocycles. The van der Waals surface area contributed by atoms with Crippen LogP contribution in [-0.2, 0) is 31.7 Å². The minimum absolute atomic E-state index is 0.000750. The number of methoxy groups -OCH3 is 1. The van der Waals surface area contributed by atoms with Gasteiger partial charge in [0, 0.05) is 74.2 Å². The molecule has 8 atom stereocenters. The summed E-state index contributed by atoms with van der Waals surface area (Å²) in [7, 11) is 4.61. The highest BCUT2D eigenvalue weighted by molar-refractivity contribution is 7.83.